The highest BCUT2D eigenvalue weighted by Gasteiger charge is 2.29. The average Bonchev–Trinajstić information content (AvgIpc) is 1.95. The van der Waals surface area contributed by atoms with Gasteiger partial charge in [-0.05, 0) is 11.5 Å². The van der Waals surface area contributed by atoms with E-state index in [1.54, 1.807) is 0 Å². The average molecular weight is 156 g/mol. The number of carboxylic acid groups (broad SMARTS) is 1. The summed E-state index contributed by atoms with van der Waals surface area (Å²) in [7, 11) is 0. The van der Waals surface area contributed by atoms with Crippen LogP contribution < -0.4 is 0 Å². The summed E-state index contributed by atoms with van der Waals surface area (Å²) >= 11 is 0. The number of aliphatic carboxylic acids is 1. The summed E-state index contributed by atoms with van der Waals surface area (Å²) in [6, 6.07) is 0. The topological polar surface area (TPSA) is 61.1 Å². The van der Waals surface area contributed by atoms with E-state index < -0.39 is 11.5 Å². The van der Waals surface area contributed by atoms with E-state index in [9.17, 15) is 4.79 Å². The molecule has 2 N–H and O–H groups in total. The third kappa shape index (κ3) is 1.71. The fourth-order valence-corrected chi connectivity index (χ4v) is 1.47. The zero-order chi connectivity index (χ0) is 8.48. The second-order valence-electron chi connectivity index (χ2n) is 3.57. The summed E-state index contributed by atoms with van der Waals surface area (Å²) < 4.78 is 0. The molecule has 0 aromatic heterocycles. The summed E-state index contributed by atoms with van der Waals surface area (Å²) in [4.78, 5) is 10.6. The van der Waals surface area contributed by atoms with Gasteiger partial charge in [0.25, 0.3) is 5.97 Å². The van der Waals surface area contributed by atoms with Gasteiger partial charge in [0.05, 0.1) is 0 Å². The van der Waals surface area contributed by atoms with Crippen LogP contribution in [0.2, 0.25) is 0 Å². The van der Waals surface area contributed by atoms with Crippen LogP contribution in [0.25, 0.3) is 5.73 Å². The maximum atomic E-state index is 10.6. The molecule has 3 heteroatoms. The largest absolute Gasteiger partial charge is 0.663 e. The monoisotopic (exact) mass is 156 g/mol. The van der Waals surface area contributed by atoms with E-state index in [2.05, 4.69) is 6.92 Å². The van der Waals surface area contributed by atoms with Crippen molar-refractivity contribution >= 4 is 5.97 Å². The lowest BCUT2D eigenvalue weighted by molar-refractivity contribution is -0.142. The fourth-order valence-electron chi connectivity index (χ4n) is 1.47. The second kappa shape index (κ2) is 2.81. The van der Waals surface area contributed by atoms with Crippen molar-refractivity contribution in [1.82, 2.24) is 0 Å². The lowest BCUT2D eigenvalue weighted by Gasteiger charge is -2.39. The second-order valence-corrected chi connectivity index (χ2v) is 3.57. The molecular formula is C8H14NO2-. The lowest BCUT2D eigenvalue weighted by atomic mass is 9.78. The highest BCUT2D eigenvalue weighted by molar-refractivity contribution is 5.80. The fraction of sp³-hybridized carbons (Fsp3) is 0.875. The SMILES string of the molecule is CC1CCC([NH-])(C(=O)O)CC1. The quantitative estimate of drug-likeness (QED) is 0.631. The molecule has 3 nitrogen and oxygen atoms in total. The Bertz CT molecular complexity index is 159. The number of carboxylic acids is 1. The first-order chi connectivity index (χ1) is 5.04. The Morgan fingerprint density at radius 2 is 2.00 bits per heavy atom. The molecule has 1 saturated carbocycles. The smallest absolute Gasteiger partial charge is 0.288 e. The van der Waals surface area contributed by atoms with Crippen LogP contribution >= 0.6 is 0 Å². The van der Waals surface area contributed by atoms with E-state index in [1.165, 1.54) is 0 Å². The van der Waals surface area contributed by atoms with E-state index in [0.717, 1.165) is 12.8 Å². The summed E-state index contributed by atoms with van der Waals surface area (Å²) in [5.74, 6) is -0.350. The van der Waals surface area contributed by atoms with Crippen molar-refractivity contribution in [1.29, 1.82) is 0 Å². The van der Waals surface area contributed by atoms with Gasteiger partial charge in [-0.2, -0.15) is 0 Å². The van der Waals surface area contributed by atoms with E-state index in [-0.39, 0.29) is 0 Å². The van der Waals surface area contributed by atoms with Gasteiger partial charge in [-0.3, -0.25) is 4.79 Å². The van der Waals surface area contributed by atoms with E-state index in [0.29, 0.717) is 18.8 Å². The predicted octanol–water partition coefficient (Wildman–Crippen LogP) is 2.07. The van der Waals surface area contributed by atoms with Gasteiger partial charge in [-0.15, -0.1) is 0 Å². The van der Waals surface area contributed by atoms with Crippen LogP contribution in [0.1, 0.15) is 32.6 Å². The van der Waals surface area contributed by atoms with Crippen molar-refractivity contribution in [3.05, 3.63) is 5.73 Å². The van der Waals surface area contributed by atoms with Gasteiger partial charge in [0.15, 0.2) is 0 Å². The molecule has 11 heavy (non-hydrogen) atoms. The molecule has 1 aliphatic rings. The van der Waals surface area contributed by atoms with Gasteiger partial charge < -0.3 is 10.8 Å². The molecule has 1 aliphatic carbocycles. The normalized spacial score (nSPS) is 38.5. The highest BCUT2D eigenvalue weighted by Crippen LogP contribution is 2.34. The van der Waals surface area contributed by atoms with Crippen molar-refractivity contribution in [2.75, 3.05) is 0 Å². The Hall–Kier alpha value is -0.570. The maximum Gasteiger partial charge on any atom is 0.288 e. The minimum atomic E-state index is -1.17. The molecule has 0 aromatic carbocycles. The third-order valence-corrected chi connectivity index (χ3v) is 2.54. The van der Waals surface area contributed by atoms with Crippen LogP contribution in [0.3, 0.4) is 0 Å². The molecule has 64 valence electrons. The van der Waals surface area contributed by atoms with Gasteiger partial charge in [0.2, 0.25) is 0 Å². The molecular weight excluding hydrogens is 142 g/mol. The number of carbonyl (C=O) groups is 1. The van der Waals surface area contributed by atoms with Crippen LogP contribution in [-0.4, -0.2) is 16.6 Å². The highest BCUT2D eigenvalue weighted by atomic mass is 16.4. The molecule has 0 heterocycles. The van der Waals surface area contributed by atoms with Gasteiger partial charge in [-0.1, -0.05) is 32.6 Å². The van der Waals surface area contributed by atoms with E-state index >= 15 is 0 Å². The molecule has 0 bridgehead atoms. The summed E-state index contributed by atoms with van der Waals surface area (Å²) in [5, 5.41) is 8.70. The minimum absolute atomic E-state index is 0.517. The molecule has 0 saturated heterocycles. The van der Waals surface area contributed by atoms with Crippen LogP contribution in [-0.2, 0) is 4.79 Å². The predicted molar refractivity (Wildman–Crippen MR) is 42.3 cm³/mol. The Labute approximate surface area is 66.6 Å². The Kier molecular flexibility index (Phi) is 2.18. The van der Waals surface area contributed by atoms with Crippen LogP contribution in [0, 0.1) is 5.92 Å². The van der Waals surface area contributed by atoms with Crippen LogP contribution in [0.5, 0.6) is 0 Å². The zero-order valence-electron chi connectivity index (χ0n) is 6.76. The Balaban J connectivity index is 2.55. The number of hydrogen-bond acceptors (Lipinski definition) is 1. The number of nitrogens with one attached hydrogen (secondary N) is 1. The standard InChI is InChI=1S/C8H14NO2/c1-6-2-4-8(9,5-3-6)7(10)11/h6,9H,2-5H2,1H3,(H,10,11)/q-1. The van der Waals surface area contributed by atoms with Crippen molar-refractivity contribution in [3.8, 4) is 0 Å². The summed E-state index contributed by atoms with van der Waals surface area (Å²) in [5.41, 5.74) is 6.39. The lowest BCUT2D eigenvalue weighted by Crippen LogP contribution is -2.37. The first-order valence-electron chi connectivity index (χ1n) is 4.03. The van der Waals surface area contributed by atoms with Crippen LogP contribution in [0.15, 0.2) is 0 Å². The van der Waals surface area contributed by atoms with Crippen molar-refractivity contribution in [3.63, 3.8) is 0 Å². The molecule has 0 amide bonds. The number of hydrogen-bond donors (Lipinski definition) is 1. The van der Waals surface area contributed by atoms with E-state index in [4.69, 9.17) is 10.8 Å². The van der Waals surface area contributed by atoms with Gasteiger partial charge in [-0.25, -0.2) is 0 Å². The maximum absolute atomic E-state index is 10.6. The van der Waals surface area contributed by atoms with Gasteiger partial charge in [0, 0.05) is 0 Å². The summed E-state index contributed by atoms with van der Waals surface area (Å²) in [6.45, 7) is 2.11. The summed E-state index contributed by atoms with van der Waals surface area (Å²) in [6.07, 6.45) is 2.80. The first-order valence-corrected chi connectivity index (χ1v) is 4.03. The van der Waals surface area contributed by atoms with Crippen LogP contribution in [0.4, 0.5) is 0 Å². The molecule has 1 fully saturated rings. The number of rotatable bonds is 1. The Morgan fingerprint density at radius 1 is 1.55 bits per heavy atom. The first kappa shape index (κ1) is 8.53. The molecule has 1 rings (SSSR count). The third-order valence-electron chi connectivity index (χ3n) is 2.54. The Morgan fingerprint density at radius 3 is 2.36 bits per heavy atom. The van der Waals surface area contributed by atoms with Crippen molar-refractivity contribution in [2.24, 2.45) is 5.92 Å². The van der Waals surface area contributed by atoms with Crippen molar-refractivity contribution in [2.45, 2.75) is 38.1 Å². The van der Waals surface area contributed by atoms with E-state index in [1.807, 2.05) is 0 Å². The van der Waals surface area contributed by atoms with Gasteiger partial charge in [0.1, 0.15) is 0 Å². The molecule has 0 spiro atoms. The van der Waals surface area contributed by atoms with Gasteiger partial charge >= 0.3 is 0 Å². The minimum Gasteiger partial charge on any atom is -0.663 e. The molecule has 0 atom stereocenters. The molecule has 0 aliphatic heterocycles. The molecule has 0 unspecified atom stereocenters. The molecule has 0 radical (unpaired) electrons. The molecule has 0 aromatic rings. The van der Waals surface area contributed by atoms with Crippen molar-refractivity contribution < 1.29 is 9.90 Å². The zero-order valence-corrected chi connectivity index (χ0v) is 6.76.